The Balaban J connectivity index is 2.73. The molecule has 0 radical (unpaired) electrons. The predicted molar refractivity (Wildman–Crippen MR) is 57.6 cm³/mol. The van der Waals surface area contributed by atoms with Gasteiger partial charge in [-0.3, -0.25) is 0 Å². The first-order chi connectivity index (χ1) is 8.08. The van der Waals surface area contributed by atoms with Crippen LogP contribution in [0.15, 0.2) is 12.1 Å². The Kier molecular flexibility index (Phi) is 4.56. The molecule has 0 amide bonds. The van der Waals surface area contributed by atoms with Crippen molar-refractivity contribution < 1.29 is 8.78 Å². The van der Waals surface area contributed by atoms with E-state index < -0.39 is 11.6 Å². The van der Waals surface area contributed by atoms with Crippen LogP contribution in [0.4, 0.5) is 8.78 Å². The Morgan fingerprint density at radius 3 is 2.35 bits per heavy atom. The number of hydrogen-bond donors (Lipinski definition) is 1. The van der Waals surface area contributed by atoms with Crippen LogP contribution in [0.25, 0.3) is 0 Å². The van der Waals surface area contributed by atoms with Gasteiger partial charge >= 0.3 is 0 Å². The van der Waals surface area contributed by atoms with Crippen LogP contribution in [0.5, 0.6) is 0 Å². The fraction of sp³-hybridized carbons (Fsp3) is 0.333. The summed E-state index contributed by atoms with van der Waals surface area (Å²) in [6.45, 7) is 2.06. The van der Waals surface area contributed by atoms with Crippen LogP contribution in [0.1, 0.15) is 18.1 Å². The first-order valence-corrected chi connectivity index (χ1v) is 5.06. The Morgan fingerprint density at radius 2 is 1.88 bits per heavy atom. The van der Waals surface area contributed by atoms with E-state index in [-0.39, 0.29) is 23.6 Å². The van der Waals surface area contributed by atoms with E-state index in [1.54, 1.807) is 13.0 Å². The molecule has 0 spiro atoms. The van der Waals surface area contributed by atoms with Gasteiger partial charge < -0.3 is 5.32 Å². The molecule has 1 unspecified atom stereocenters. The van der Waals surface area contributed by atoms with Crippen LogP contribution in [0, 0.1) is 40.2 Å². The van der Waals surface area contributed by atoms with E-state index >= 15 is 0 Å². The maximum absolute atomic E-state index is 13.4. The summed E-state index contributed by atoms with van der Waals surface area (Å²) in [5.74, 6) is -1.73. The summed E-state index contributed by atoms with van der Waals surface area (Å²) in [5.41, 5.74) is -0.164. The second-order valence-corrected chi connectivity index (χ2v) is 3.69. The van der Waals surface area contributed by atoms with Crippen molar-refractivity contribution in [3.8, 4) is 12.1 Å². The summed E-state index contributed by atoms with van der Waals surface area (Å²) in [4.78, 5) is 0. The SMILES string of the molecule is CC(C#N)CNCc1c(F)cc(C#N)cc1F. The quantitative estimate of drug-likeness (QED) is 0.869. The predicted octanol–water partition coefficient (Wildman–Crippen LogP) is 2.09. The van der Waals surface area contributed by atoms with Crippen LogP contribution in [0.2, 0.25) is 0 Å². The molecule has 3 nitrogen and oxygen atoms in total. The van der Waals surface area contributed by atoms with Gasteiger partial charge in [0.2, 0.25) is 0 Å². The standard InChI is InChI=1S/C12H11F2N3/c1-8(4-15)6-17-7-10-11(13)2-9(5-16)3-12(10)14/h2-3,8,17H,6-7H2,1H3. The maximum Gasteiger partial charge on any atom is 0.131 e. The van der Waals surface area contributed by atoms with Gasteiger partial charge in [0.25, 0.3) is 0 Å². The molecular formula is C12H11F2N3. The van der Waals surface area contributed by atoms with Crippen molar-refractivity contribution in [3.63, 3.8) is 0 Å². The van der Waals surface area contributed by atoms with Gasteiger partial charge in [-0.05, 0) is 19.1 Å². The van der Waals surface area contributed by atoms with Crippen molar-refractivity contribution in [2.45, 2.75) is 13.5 Å². The monoisotopic (exact) mass is 235 g/mol. The van der Waals surface area contributed by atoms with E-state index in [0.717, 1.165) is 12.1 Å². The zero-order chi connectivity index (χ0) is 12.8. The summed E-state index contributed by atoms with van der Waals surface area (Å²) >= 11 is 0. The highest BCUT2D eigenvalue weighted by molar-refractivity contribution is 5.34. The molecule has 0 bridgehead atoms. The van der Waals surface area contributed by atoms with Crippen LogP contribution in [-0.2, 0) is 6.54 Å². The van der Waals surface area contributed by atoms with E-state index in [0.29, 0.717) is 6.54 Å². The zero-order valence-electron chi connectivity index (χ0n) is 9.30. The van der Waals surface area contributed by atoms with Crippen molar-refractivity contribution >= 4 is 0 Å². The largest absolute Gasteiger partial charge is 0.311 e. The van der Waals surface area contributed by atoms with Gasteiger partial charge in [0.15, 0.2) is 0 Å². The van der Waals surface area contributed by atoms with Gasteiger partial charge in [-0.1, -0.05) is 0 Å². The van der Waals surface area contributed by atoms with E-state index in [1.807, 2.05) is 6.07 Å². The molecule has 0 saturated carbocycles. The summed E-state index contributed by atoms with van der Waals surface area (Å²) in [7, 11) is 0. The number of nitrogens with zero attached hydrogens (tertiary/aromatic N) is 2. The molecule has 88 valence electrons. The lowest BCUT2D eigenvalue weighted by atomic mass is 10.1. The number of hydrogen-bond acceptors (Lipinski definition) is 3. The van der Waals surface area contributed by atoms with Crippen molar-refractivity contribution in [2.75, 3.05) is 6.54 Å². The molecule has 0 aromatic heterocycles. The molecule has 0 saturated heterocycles. The second-order valence-electron chi connectivity index (χ2n) is 3.69. The average Bonchev–Trinajstić information content (AvgIpc) is 2.31. The summed E-state index contributed by atoms with van der Waals surface area (Å²) in [6.07, 6.45) is 0. The molecule has 1 aromatic rings. The van der Waals surface area contributed by atoms with E-state index in [2.05, 4.69) is 5.32 Å². The molecule has 1 rings (SSSR count). The minimum absolute atomic E-state index is 0.00457. The third kappa shape index (κ3) is 3.51. The summed E-state index contributed by atoms with van der Waals surface area (Å²) < 4.78 is 26.8. The van der Waals surface area contributed by atoms with E-state index in [1.165, 1.54) is 0 Å². The van der Waals surface area contributed by atoms with Gasteiger partial charge in [0, 0.05) is 18.7 Å². The fourth-order valence-electron chi connectivity index (χ4n) is 1.30. The molecule has 5 heteroatoms. The summed E-state index contributed by atoms with van der Waals surface area (Å²) in [5, 5.41) is 19.8. The normalized spacial score (nSPS) is 11.6. The molecule has 1 atom stereocenters. The van der Waals surface area contributed by atoms with Crippen molar-refractivity contribution in [2.24, 2.45) is 5.92 Å². The van der Waals surface area contributed by atoms with Crippen LogP contribution < -0.4 is 5.32 Å². The van der Waals surface area contributed by atoms with Crippen molar-refractivity contribution in [3.05, 3.63) is 34.9 Å². The third-order valence-corrected chi connectivity index (χ3v) is 2.24. The first-order valence-electron chi connectivity index (χ1n) is 5.06. The van der Waals surface area contributed by atoms with E-state index in [9.17, 15) is 8.78 Å². The van der Waals surface area contributed by atoms with Gasteiger partial charge in [0.1, 0.15) is 11.6 Å². The number of nitriles is 2. The Labute approximate surface area is 98.3 Å². The molecule has 0 aliphatic rings. The number of benzene rings is 1. The lowest BCUT2D eigenvalue weighted by Crippen LogP contribution is -2.21. The highest BCUT2D eigenvalue weighted by Crippen LogP contribution is 2.14. The Morgan fingerprint density at radius 1 is 1.29 bits per heavy atom. The van der Waals surface area contributed by atoms with Gasteiger partial charge in [0.05, 0.1) is 23.6 Å². The van der Waals surface area contributed by atoms with E-state index in [4.69, 9.17) is 10.5 Å². The molecule has 0 aliphatic heterocycles. The van der Waals surface area contributed by atoms with Crippen molar-refractivity contribution in [1.82, 2.24) is 5.32 Å². The van der Waals surface area contributed by atoms with Crippen LogP contribution >= 0.6 is 0 Å². The smallest absolute Gasteiger partial charge is 0.131 e. The lowest BCUT2D eigenvalue weighted by Gasteiger charge is -2.08. The molecular weight excluding hydrogens is 224 g/mol. The third-order valence-electron chi connectivity index (χ3n) is 2.24. The number of halogens is 2. The van der Waals surface area contributed by atoms with Crippen LogP contribution in [0.3, 0.4) is 0 Å². The second kappa shape index (κ2) is 5.93. The highest BCUT2D eigenvalue weighted by atomic mass is 19.1. The maximum atomic E-state index is 13.4. The highest BCUT2D eigenvalue weighted by Gasteiger charge is 2.11. The van der Waals surface area contributed by atoms with Gasteiger partial charge in [-0.25, -0.2) is 8.78 Å². The van der Waals surface area contributed by atoms with Crippen molar-refractivity contribution in [1.29, 1.82) is 10.5 Å². The topological polar surface area (TPSA) is 59.6 Å². The fourth-order valence-corrected chi connectivity index (χ4v) is 1.30. The molecule has 0 fully saturated rings. The lowest BCUT2D eigenvalue weighted by molar-refractivity contribution is 0.523. The molecule has 17 heavy (non-hydrogen) atoms. The summed E-state index contributed by atoms with van der Waals surface area (Å²) in [6, 6.07) is 5.67. The Bertz CT molecular complexity index is 462. The minimum atomic E-state index is -0.751. The van der Waals surface area contributed by atoms with Gasteiger partial charge in [-0.15, -0.1) is 0 Å². The zero-order valence-corrected chi connectivity index (χ0v) is 9.30. The number of nitrogens with one attached hydrogen (secondary N) is 1. The molecule has 1 N–H and O–H groups in total. The molecule has 0 aliphatic carbocycles. The Hall–Kier alpha value is -1.98. The number of rotatable bonds is 4. The van der Waals surface area contributed by atoms with Gasteiger partial charge in [-0.2, -0.15) is 10.5 Å². The molecule has 1 aromatic carbocycles. The van der Waals surface area contributed by atoms with Crippen LogP contribution in [-0.4, -0.2) is 6.54 Å². The average molecular weight is 235 g/mol. The molecule has 0 heterocycles. The first kappa shape index (κ1) is 13.1. The minimum Gasteiger partial charge on any atom is -0.311 e.